The van der Waals surface area contributed by atoms with Gasteiger partial charge in [0.25, 0.3) is 5.91 Å². The van der Waals surface area contributed by atoms with Gasteiger partial charge in [0.2, 0.25) is 5.01 Å². The van der Waals surface area contributed by atoms with Gasteiger partial charge in [-0.2, -0.15) is 0 Å². The van der Waals surface area contributed by atoms with Gasteiger partial charge in [-0.15, -0.1) is 20.4 Å². The van der Waals surface area contributed by atoms with Crippen molar-refractivity contribution in [1.29, 1.82) is 0 Å². The molecular weight excluding hydrogens is 465 g/mol. The van der Waals surface area contributed by atoms with Crippen LogP contribution in [-0.4, -0.2) is 49.6 Å². The van der Waals surface area contributed by atoms with Gasteiger partial charge in [0.1, 0.15) is 10.8 Å². The second-order valence-electron chi connectivity index (χ2n) is 6.79. The van der Waals surface area contributed by atoms with Crippen molar-refractivity contribution >= 4 is 29.0 Å². The molecule has 0 aliphatic heterocycles. The Labute approximate surface area is 197 Å². The van der Waals surface area contributed by atoms with E-state index in [0.29, 0.717) is 23.9 Å². The van der Waals surface area contributed by atoms with Crippen LogP contribution in [0.5, 0.6) is 0 Å². The fourth-order valence-electron chi connectivity index (χ4n) is 2.88. The second kappa shape index (κ2) is 11.1. The van der Waals surface area contributed by atoms with Gasteiger partial charge in [0.15, 0.2) is 11.0 Å². The number of ether oxygens (including phenoxy) is 1. The molecule has 0 atom stereocenters. The van der Waals surface area contributed by atoms with E-state index in [4.69, 9.17) is 4.74 Å². The van der Waals surface area contributed by atoms with Gasteiger partial charge in [-0.3, -0.25) is 14.3 Å². The minimum absolute atomic E-state index is 0.269. The fraction of sp³-hybridized carbons (Fsp3) is 0.238. The lowest BCUT2D eigenvalue weighted by molar-refractivity contribution is 0.0950. The number of pyridine rings is 1. The number of carbonyl (C=O) groups excluding carboxylic acids is 1. The summed E-state index contributed by atoms with van der Waals surface area (Å²) in [6.45, 7) is 1.39. The van der Waals surface area contributed by atoms with Crippen LogP contribution in [0.2, 0.25) is 0 Å². The Bertz CT molecular complexity index is 1200. The Hall–Kier alpha value is -3.22. The van der Waals surface area contributed by atoms with Crippen LogP contribution in [0.15, 0.2) is 53.9 Å². The monoisotopic (exact) mass is 485 g/mol. The number of amides is 1. The highest BCUT2D eigenvalue weighted by Crippen LogP contribution is 2.27. The summed E-state index contributed by atoms with van der Waals surface area (Å²) in [5.41, 5.74) is 1.71. The molecule has 0 fully saturated rings. The minimum Gasteiger partial charge on any atom is -0.383 e. The van der Waals surface area contributed by atoms with E-state index >= 15 is 0 Å². The summed E-state index contributed by atoms with van der Waals surface area (Å²) in [7, 11) is 1.65. The van der Waals surface area contributed by atoms with Crippen molar-refractivity contribution in [3.63, 3.8) is 0 Å². The molecule has 0 bridgehead atoms. The number of halogens is 1. The normalized spacial score (nSPS) is 11.0. The molecule has 12 heteroatoms. The van der Waals surface area contributed by atoms with Crippen molar-refractivity contribution in [3.05, 3.63) is 70.2 Å². The number of thioether (sulfide) groups is 1. The summed E-state index contributed by atoms with van der Waals surface area (Å²) in [6.07, 6.45) is 3.42. The zero-order chi connectivity index (χ0) is 23.0. The number of hydrogen-bond donors (Lipinski definition) is 1. The highest BCUT2D eigenvalue weighted by Gasteiger charge is 2.17. The predicted octanol–water partition coefficient (Wildman–Crippen LogP) is 3.20. The molecule has 0 saturated heterocycles. The maximum atomic E-state index is 13.0. The van der Waals surface area contributed by atoms with E-state index in [2.05, 4.69) is 30.7 Å². The van der Waals surface area contributed by atoms with Crippen LogP contribution in [0.25, 0.3) is 11.4 Å². The van der Waals surface area contributed by atoms with Crippen LogP contribution in [0.3, 0.4) is 0 Å². The Morgan fingerprint density at radius 2 is 1.91 bits per heavy atom. The predicted molar refractivity (Wildman–Crippen MR) is 122 cm³/mol. The molecule has 4 rings (SSSR count). The van der Waals surface area contributed by atoms with Crippen LogP contribution >= 0.6 is 23.1 Å². The summed E-state index contributed by atoms with van der Waals surface area (Å²) in [5.74, 6) is 0.582. The molecule has 170 valence electrons. The largest absolute Gasteiger partial charge is 0.383 e. The van der Waals surface area contributed by atoms with Gasteiger partial charge in [-0.1, -0.05) is 35.2 Å². The smallest absolute Gasteiger partial charge is 0.282 e. The maximum absolute atomic E-state index is 13.0. The highest BCUT2D eigenvalue weighted by atomic mass is 32.2. The first-order valence-corrected chi connectivity index (χ1v) is 11.7. The first-order chi connectivity index (χ1) is 16.1. The molecule has 1 aromatic carbocycles. The lowest BCUT2D eigenvalue weighted by Gasteiger charge is -2.09. The summed E-state index contributed by atoms with van der Waals surface area (Å²) in [4.78, 5) is 16.4. The summed E-state index contributed by atoms with van der Waals surface area (Å²) < 4.78 is 20.2. The van der Waals surface area contributed by atoms with E-state index in [0.717, 1.165) is 22.1 Å². The molecule has 1 N–H and O–H groups in total. The van der Waals surface area contributed by atoms with Crippen LogP contribution in [0.4, 0.5) is 4.39 Å². The molecule has 0 spiro atoms. The molecule has 0 radical (unpaired) electrons. The first-order valence-electron chi connectivity index (χ1n) is 9.94. The van der Waals surface area contributed by atoms with Gasteiger partial charge in [0.05, 0.1) is 18.9 Å². The number of hydrogen-bond acceptors (Lipinski definition) is 9. The quantitative estimate of drug-likeness (QED) is 0.341. The molecule has 0 aliphatic rings. The van der Waals surface area contributed by atoms with E-state index in [9.17, 15) is 9.18 Å². The fourth-order valence-corrected chi connectivity index (χ4v) is 4.59. The number of methoxy groups -OCH3 is 1. The van der Waals surface area contributed by atoms with E-state index in [1.807, 2.05) is 16.7 Å². The number of benzene rings is 1. The maximum Gasteiger partial charge on any atom is 0.282 e. The molecule has 3 heterocycles. The molecular formula is C21H20FN7O2S2. The van der Waals surface area contributed by atoms with Crippen molar-refractivity contribution in [2.45, 2.75) is 24.0 Å². The summed E-state index contributed by atoms with van der Waals surface area (Å²) in [5, 5.41) is 21.2. The SMILES string of the molecule is COCCn1c(SCc2nnc(C(=O)NCc3ccc(F)cc3)s2)nnc1-c1ccncc1. The van der Waals surface area contributed by atoms with Crippen LogP contribution in [-0.2, 0) is 23.6 Å². The third-order valence-electron chi connectivity index (χ3n) is 4.53. The van der Waals surface area contributed by atoms with E-state index < -0.39 is 0 Å². The molecule has 33 heavy (non-hydrogen) atoms. The summed E-state index contributed by atoms with van der Waals surface area (Å²) >= 11 is 2.68. The van der Waals surface area contributed by atoms with Gasteiger partial charge in [0, 0.05) is 31.6 Å². The Morgan fingerprint density at radius 3 is 2.67 bits per heavy atom. The third kappa shape index (κ3) is 5.97. The molecule has 0 aliphatic carbocycles. The van der Waals surface area contributed by atoms with E-state index in [1.165, 1.54) is 35.2 Å². The van der Waals surface area contributed by atoms with Gasteiger partial charge >= 0.3 is 0 Å². The zero-order valence-electron chi connectivity index (χ0n) is 17.6. The molecule has 4 aromatic rings. The number of carbonyl (C=O) groups is 1. The molecule has 3 aromatic heterocycles. The number of nitrogens with zero attached hydrogens (tertiary/aromatic N) is 6. The molecule has 0 unspecified atom stereocenters. The second-order valence-corrected chi connectivity index (χ2v) is 8.79. The van der Waals surface area contributed by atoms with Crippen LogP contribution in [0, 0.1) is 5.82 Å². The van der Waals surface area contributed by atoms with Crippen molar-refractivity contribution in [3.8, 4) is 11.4 Å². The lowest BCUT2D eigenvalue weighted by atomic mass is 10.2. The Kier molecular flexibility index (Phi) is 7.70. The van der Waals surface area contributed by atoms with Gasteiger partial charge in [-0.05, 0) is 29.8 Å². The standard InChI is InChI=1S/C21H20FN7O2S2/c1-31-11-10-29-18(15-6-8-23-9-7-15)26-28-21(29)32-13-17-25-27-20(33-17)19(30)24-12-14-2-4-16(22)5-3-14/h2-9H,10-13H2,1H3,(H,24,30). The Balaban J connectivity index is 1.39. The lowest BCUT2D eigenvalue weighted by Crippen LogP contribution is -2.22. The molecule has 9 nitrogen and oxygen atoms in total. The minimum atomic E-state index is -0.323. The number of nitrogens with one attached hydrogen (secondary N) is 1. The van der Waals surface area contributed by atoms with Crippen molar-refractivity contribution < 1.29 is 13.9 Å². The van der Waals surface area contributed by atoms with Crippen LogP contribution in [0.1, 0.15) is 20.4 Å². The highest BCUT2D eigenvalue weighted by molar-refractivity contribution is 7.98. The molecule has 0 saturated carbocycles. The van der Waals surface area contributed by atoms with Crippen molar-refractivity contribution in [2.24, 2.45) is 0 Å². The molecule has 1 amide bonds. The van der Waals surface area contributed by atoms with Crippen molar-refractivity contribution in [1.82, 2.24) is 35.3 Å². The van der Waals surface area contributed by atoms with Gasteiger partial charge in [-0.25, -0.2) is 4.39 Å². The summed E-state index contributed by atoms with van der Waals surface area (Å²) in [6, 6.07) is 9.71. The zero-order valence-corrected chi connectivity index (χ0v) is 19.3. The van der Waals surface area contributed by atoms with E-state index in [1.54, 1.807) is 31.6 Å². The average Bonchev–Trinajstić information content (AvgIpc) is 3.48. The Morgan fingerprint density at radius 1 is 1.12 bits per heavy atom. The van der Waals surface area contributed by atoms with Crippen molar-refractivity contribution in [2.75, 3.05) is 13.7 Å². The number of aromatic nitrogens is 6. The third-order valence-corrected chi connectivity index (χ3v) is 6.61. The average molecular weight is 486 g/mol. The van der Waals surface area contributed by atoms with Crippen LogP contribution < -0.4 is 5.32 Å². The van der Waals surface area contributed by atoms with E-state index in [-0.39, 0.29) is 23.3 Å². The van der Waals surface area contributed by atoms with Gasteiger partial charge < -0.3 is 10.1 Å². The topological polar surface area (TPSA) is 108 Å². The first kappa shape index (κ1) is 23.0. The number of rotatable bonds is 10.